The maximum atomic E-state index is 12.6. The van der Waals surface area contributed by atoms with Crippen LogP contribution in [0.2, 0.25) is 0 Å². The molecule has 0 saturated heterocycles. The fourth-order valence-corrected chi connectivity index (χ4v) is 3.15. The highest BCUT2D eigenvalue weighted by Gasteiger charge is 2.33. The molecule has 0 radical (unpaired) electrons. The lowest BCUT2D eigenvalue weighted by Crippen LogP contribution is -2.34. The maximum absolute atomic E-state index is 12.6. The Labute approximate surface area is 105 Å². The van der Waals surface area contributed by atoms with Crippen LogP contribution in [0.1, 0.15) is 30.5 Å². The predicted octanol–water partition coefficient (Wildman–Crippen LogP) is 3.56. The fourth-order valence-electron chi connectivity index (χ4n) is 3.15. The third kappa shape index (κ3) is 1.24. The van der Waals surface area contributed by atoms with E-state index >= 15 is 0 Å². The second-order valence-corrected chi connectivity index (χ2v) is 5.14. The molecule has 90 valence electrons. The Bertz CT molecular complexity index is 681. The predicted molar refractivity (Wildman–Crippen MR) is 71.6 cm³/mol. The summed E-state index contributed by atoms with van der Waals surface area (Å²) < 4.78 is 1.80. The van der Waals surface area contributed by atoms with Crippen molar-refractivity contribution < 1.29 is 4.79 Å². The summed E-state index contributed by atoms with van der Waals surface area (Å²) in [5, 5.41) is 1.10. The van der Waals surface area contributed by atoms with Gasteiger partial charge in [-0.2, -0.15) is 0 Å². The number of carbonyl (C=O) groups excluding carboxylic acids is 1. The molecule has 0 N–H and O–H groups in total. The van der Waals surface area contributed by atoms with Crippen LogP contribution < -0.4 is 0 Å². The molecule has 2 aromatic rings. The molecule has 1 unspecified atom stereocenters. The summed E-state index contributed by atoms with van der Waals surface area (Å²) in [5.41, 5.74) is 2.09. The summed E-state index contributed by atoms with van der Waals surface area (Å²) in [7, 11) is 0. The van der Waals surface area contributed by atoms with Crippen LogP contribution in [-0.2, 0) is 0 Å². The molecule has 1 aliphatic carbocycles. The van der Waals surface area contributed by atoms with Crippen molar-refractivity contribution in [2.24, 2.45) is 10.9 Å². The molecule has 1 aromatic heterocycles. The van der Waals surface area contributed by atoms with E-state index in [9.17, 15) is 4.79 Å². The molecule has 1 saturated carbocycles. The van der Waals surface area contributed by atoms with Crippen molar-refractivity contribution in [1.29, 1.82) is 0 Å². The van der Waals surface area contributed by atoms with Gasteiger partial charge in [-0.1, -0.05) is 24.6 Å². The monoisotopic (exact) mass is 238 g/mol. The number of hydrogen-bond acceptors (Lipinski definition) is 2. The molecular formula is C15H14N2O. The summed E-state index contributed by atoms with van der Waals surface area (Å²) in [4.78, 5) is 17.3. The Kier molecular flexibility index (Phi) is 1.98. The average molecular weight is 238 g/mol. The van der Waals surface area contributed by atoms with Crippen molar-refractivity contribution >= 4 is 28.3 Å². The van der Waals surface area contributed by atoms with Gasteiger partial charge >= 0.3 is 0 Å². The highest BCUT2D eigenvalue weighted by molar-refractivity contribution is 6.13. The van der Waals surface area contributed by atoms with Gasteiger partial charge in [0.2, 0.25) is 5.91 Å². The highest BCUT2D eigenvalue weighted by atomic mass is 16.2. The summed E-state index contributed by atoms with van der Waals surface area (Å²) >= 11 is 0. The molecule has 4 rings (SSSR count). The second kappa shape index (κ2) is 3.55. The Morgan fingerprint density at radius 3 is 3.06 bits per heavy atom. The first kappa shape index (κ1) is 10.1. The lowest BCUT2D eigenvalue weighted by molar-refractivity contribution is 0.0863. The van der Waals surface area contributed by atoms with Crippen LogP contribution in [0, 0.1) is 5.92 Å². The average Bonchev–Trinajstić information content (AvgIpc) is 2.77. The molecular weight excluding hydrogens is 224 g/mol. The van der Waals surface area contributed by atoms with E-state index in [0.717, 1.165) is 41.7 Å². The van der Waals surface area contributed by atoms with Gasteiger partial charge in [0.05, 0.1) is 11.4 Å². The SMILES string of the molecule is O=C1C2CCCCC2=Nc2cc3ccccc3n21. The van der Waals surface area contributed by atoms with E-state index in [2.05, 4.69) is 0 Å². The molecule has 1 aromatic carbocycles. The van der Waals surface area contributed by atoms with Gasteiger partial charge in [-0.05, 0) is 31.4 Å². The Balaban J connectivity index is 2.00. The number of fused-ring (bicyclic) bond motifs is 4. The fraction of sp³-hybridized carbons (Fsp3) is 0.333. The van der Waals surface area contributed by atoms with Gasteiger partial charge < -0.3 is 0 Å². The number of nitrogens with zero attached hydrogens (tertiary/aromatic N) is 2. The van der Waals surface area contributed by atoms with Crippen molar-refractivity contribution in [3.8, 4) is 0 Å². The zero-order valence-electron chi connectivity index (χ0n) is 10.1. The van der Waals surface area contributed by atoms with Crippen LogP contribution >= 0.6 is 0 Å². The molecule has 0 spiro atoms. The standard InChI is InChI=1S/C15H14N2O/c18-15-11-6-2-3-7-12(11)16-14-9-10-5-1-4-8-13(10)17(14)15/h1,4-5,8-9,11H,2-3,6-7H2. The lowest BCUT2D eigenvalue weighted by Gasteiger charge is -2.27. The van der Waals surface area contributed by atoms with Crippen LogP contribution in [0.4, 0.5) is 5.82 Å². The van der Waals surface area contributed by atoms with E-state index in [1.165, 1.54) is 6.42 Å². The third-order valence-corrected chi connectivity index (χ3v) is 4.05. The van der Waals surface area contributed by atoms with Crippen LogP contribution in [0.5, 0.6) is 0 Å². The van der Waals surface area contributed by atoms with Crippen molar-refractivity contribution in [2.75, 3.05) is 0 Å². The molecule has 1 fully saturated rings. The molecule has 3 nitrogen and oxygen atoms in total. The number of carbonyl (C=O) groups is 1. The molecule has 18 heavy (non-hydrogen) atoms. The van der Waals surface area contributed by atoms with E-state index in [0.29, 0.717) is 0 Å². The van der Waals surface area contributed by atoms with Gasteiger partial charge in [-0.25, -0.2) is 4.99 Å². The van der Waals surface area contributed by atoms with Crippen LogP contribution in [0.25, 0.3) is 10.9 Å². The Morgan fingerprint density at radius 2 is 2.11 bits per heavy atom. The molecule has 1 atom stereocenters. The van der Waals surface area contributed by atoms with Crippen molar-refractivity contribution in [3.05, 3.63) is 30.3 Å². The smallest absolute Gasteiger partial charge is 0.241 e. The zero-order chi connectivity index (χ0) is 12.1. The Hall–Kier alpha value is -1.90. The third-order valence-electron chi connectivity index (χ3n) is 4.05. The maximum Gasteiger partial charge on any atom is 0.241 e. The molecule has 3 heteroatoms. The minimum Gasteiger partial charge on any atom is -0.273 e. The van der Waals surface area contributed by atoms with E-state index in [-0.39, 0.29) is 11.8 Å². The van der Waals surface area contributed by atoms with Crippen molar-refractivity contribution in [2.45, 2.75) is 25.7 Å². The first-order chi connectivity index (χ1) is 8.84. The van der Waals surface area contributed by atoms with Gasteiger partial charge in [0, 0.05) is 11.1 Å². The van der Waals surface area contributed by atoms with E-state index in [1.807, 2.05) is 30.3 Å². The van der Waals surface area contributed by atoms with Gasteiger partial charge in [0.25, 0.3) is 0 Å². The molecule has 0 amide bonds. The first-order valence-electron chi connectivity index (χ1n) is 6.57. The quantitative estimate of drug-likeness (QED) is 0.691. The van der Waals surface area contributed by atoms with E-state index < -0.39 is 0 Å². The topological polar surface area (TPSA) is 34.4 Å². The largest absolute Gasteiger partial charge is 0.273 e. The minimum atomic E-state index is 0.0297. The molecule has 2 heterocycles. The van der Waals surface area contributed by atoms with Gasteiger partial charge in [0.1, 0.15) is 5.82 Å². The number of hydrogen-bond donors (Lipinski definition) is 0. The van der Waals surface area contributed by atoms with Crippen LogP contribution in [0.3, 0.4) is 0 Å². The number of benzene rings is 1. The number of rotatable bonds is 0. The van der Waals surface area contributed by atoms with Gasteiger partial charge in [-0.3, -0.25) is 9.36 Å². The van der Waals surface area contributed by atoms with Crippen molar-refractivity contribution in [1.82, 2.24) is 4.57 Å². The zero-order valence-corrected chi connectivity index (χ0v) is 10.1. The summed E-state index contributed by atoms with van der Waals surface area (Å²) in [6, 6.07) is 10.0. The summed E-state index contributed by atoms with van der Waals surface area (Å²) in [5.74, 6) is 1.06. The molecule has 2 aliphatic rings. The van der Waals surface area contributed by atoms with E-state index in [1.54, 1.807) is 4.57 Å². The van der Waals surface area contributed by atoms with Crippen LogP contribution in [0.15, 0.2) is 35.3 Å². The first-order valence-corrected chi connectivity index (χ1v) is 6.57. The highest BCUT2D eigenvalue weighted by Crippen LogP contribution is 2.35. The second-order valence-electron chi connectivity index (χ2n) is 5.14. The van der Waals surface area contributed by atoms with Crippen molar-refractivity contribution in [3.63, 3.8) is 0 Å². The van der Waals surface area contributed by atoms with Gasteiger partial charge in [0.15, 0.2) is 0 Å². The number of aromatic nitrogens is 1. The Morgan fingerprint density at radius 1 is 1.22 bits per heavy atom. The number of aliphatic imine (C=N–C) groups is 1. The summed E-state index contributed by atoms with van der Waals surface area (Å²) in [6.45, 7) is 0. The minimum absolute atomic E-state index is 0.0297. The summed E-state index contributed by atoms with van der Waals surface area (Å²) in [6.07, 6.45) is 4.26. The number of para-hydroxylation sites is 1. The normalized spacial score (nSPS) is 22.6. The molecule has 0 bridgehead atoms. The lowest BCUT2D eigenvalue weighted by atomic mass is 9.85. The van der Waals surface area contributed by atoms with Gasteiger partial charge in [-0.15, -0.1) is 0 Å². The van der Waals surface area contributed by atoms with Crippen LogP contribution in [-0.4, -0.2) is 16.2 Å². The molecule has 1 aliphatic heterocycles. The van der Waals surface area contributed by atoms with E-state index in [4.69, 9.17) is 4.99 Å².